The van der Waals surface area contributed by atoms with Crippen LogP contribution in [0.4, 0.5) is 13.2 Å². The van der Waals surface area contributed by atoms with Crippen LogP contribution in [0.25, 0.3) is 66.9 Å². The fourth-order valence-electron chi connectivity index (χ4n) is 11.6. The number of fused-ring (bicyclic) bond motifs is 7. The molecule has 0 aliphatic heterocycles. The lowest BCUT2D eigenvalue weighted by Gasteiger charge is -2.61. The molecule has 1 spiro atoms. The molecule has 8 aromatic rings. The summed E-state index contributed by atoms with van der Waals surface area (Å²) in [7, 11) is 0. The predicted molar refractivity (Wildman–Crippen MR) is 200 cm³/mol. The van der Waals surface area contributed by atoms with Gasteiger partial charge in [-0.1, -0.05) is 48.5 Å². The van der Waals surface area contributed by atoms with Crippen LogP contribution >= 0.6 is 0 Å². The van der Waals surface area contributed by atoms with Gasteiger partial charge in [0.25, 0.3) is 0 Å². The van der Waals surface area contributed by atoms with Crippen molar-refractivity contribution < 1.29 is 13.2 Å². The minimum Gasteiger partial charge on any atom is -0.279 e. The first kappa shape index (κ1) is 29.8. The quantitative estimate of drug-likeness (QED) is 0.173. The normalized spacial score (nSPS) is 23.8. The van der Waals surface area contributed by atoms with E-state index in [4.69, 9.17) is 4.98 Å². The van der Waals surface area contributed by atoms with Gasteiger partial charge in [0.15, 0.2) is 17.5 Å². The summed E-state index contributed by atoms with van der Waals surface area (Å²) in [5.74, 6) is -0.137. The fraction of sp³-hybridized carbons (Fsp3) is 0.222. The molecule has 5 nitrogen and oxygen atoms in total. The average Bonchev–Trinajstić information content (AvgIpc) is 3.82. The lowest BCUT2D eigenvalue weighted by Crippen LogP contribution is -2.55. The molecule has 0 atom stereocenters. The molecule has 5 aliphatic carbocycles. The topological polar surface area (TPSA) is 48.5 Å². The van der Waals surface area contributed by atoms with Crippen molar-refractivity contribution in [3.05, 3.63) is 138 Å². The summed E-state index contributed by atoms with van der Waals surface area (Å²) in [6.07, 6.45) is 8.82. The molecule has 4 saturated carbocycles. The largest absolute Gasteiger partial charge is 0.279 e. The summed E-state index contributed by atoms with van der Waals surface area (Å²) in [4.78, 5) is 13.9. The standard InChI is InChI=1S/C45H32F3N5/c46-35-22-34-41(43(48)42(35)47)32-21-26(9-11-33(32)45(34)28-16-24-15-25(18-28)19-29(45)17-24)27-10-12-38-31(20-27)30-5-1-3-7-37(30)52(38)44-51-36-6-2-4-8-39(36)53(44)40-13-14-49-23-50-40/h1-14,20-25,28-29H,15-19H2. The van der Waals surface area contributed by atoms with Crippen molar-refractivity contribution in [2.45, 2.75) is 37.5 Å². The number of hydrogen-bond acceptors (Lipinski definition) is 3. The summed E-state index contributed by atoms with van der Waals surface area (Å²) in [6, 6.07) is 32.3. The van der Waals surface area contributed by atoms with Crippen molar-refractivity contribution >= 4 is 32.8 Å². The molecule has 0 radical (unpaired) electrons. The van der Waals surface area contributed by atoms with E-state index in [2.05, 4.69) is 61.6 Å². The van der Waals surface area contributed by atoms with Crippen molar-refractivity contribution in [2.75, 3.05) is 0 Å². The first-order valence-electron chi connectivity index (χ1n) is 18.6. The first-order chi connectivity index (χ1) is 26.0. The van der Waals surface area contributed by atoms with Crippen molar-refractivity contribution in [3.8, 4) is 34.0 Å². The minimum atomic E-state index is -1.39. The van der Waals surface area contributed by atoms with Gasteiger partial charge in [-0.15, -0.1) is 0 Å². The summed E-state index contributed by atoms with van der Waals surface area (Å²) >= 11 is 0. The molecule has 5 aromatic carbocycles. The van der Waals surface area contributed by atoms with Crippen LogP contribution in [0.15, 0.2) is 110 Å². The Balaban J connectivity index is 1.07. The van der Waals surface area contributed by atoms with E-state index in [9.17, 15) is 0 Å². The molecule has 3 aromatic heterocycles. The molecule has 0 N–H and O–H groups in total. The van der Waals surface area contributed by atoms with Crippen LogP contribution in [0.2, 0.25) is 0 Å². The highest BCUT2D eigenvalue weighted by atomic mass is 19.2. The Hall–Kier alpha value is -5.76. The van der Waals surface area contributed by atoms with Crippen LogP contribution in [-0.4, -0.2) is 24.1 Å². The number of imidazole rings is 1. The van der Waals surface area contributed by atoms with Gasteiger partial charge in [-0.2, -0.15) is 0 Å². The number of benzene rings is 5. The predicted octanol–water partition coefficient (Wildman–Crippen LogP) is 10.7. The molecule has 4 fully saturated rings. The summed E-state index contributed by atoms with van der Waals surface area (Å²) in [5.41, 5.74) is 7.84. The van der Waals surface area contributed by atoms with E-state index in [1.54, 1.807) is 12.5 Å². The van der Waals surface area contributed by atoms with E-state index >= 15 is 13.2 Å². The van der Waals surface area contributed by atoms with Crippen LogP contribution < -0.4 is 0 Å². The zero-order chi connectivity index (χ0) is 35.2. The maximum absolute atomic E-state index is 16.1. The van der Waals surface area contributed by atoms with Crippen LogP contribution in [0.3, 0.4) is 0 Å². The smallest absolute Gasteiger partial charge is 0.221 e. The van der Waals surface area contributed by atoms with Gasteiger partial charge in [-0.05, 0) is 132 Å². The lowest BCUT2D eigenvalue weighted by molar-refractivity contribution is -0.0401. The van der Waals surface area contributed by atoms with E-state index in [1.165, 1.54) is 12.5 Å². The molecule has 0 saturated heterocycles. The first-order valence-corrected chi connectivity index (χ1v) is 18.6. The Morgan fingerprint density at radius 3 is 2.13 bits per heavy atom. The van der Waals surface area contributed by atoms with Gasteiger partial charge in [-0.25, -0.2) is 28.1 Å². The number of rotatable bonds is 3. The molecule has 3 heterocycles. The summed E-state index contributed by atoms with van der Waals surface area (Å²) in [6.45, 7) is 0. The van der Waals surface area contributed by atoms with Gasteiger partial charge >= 0.3 is 0 Å². The molecule has 53 heavy (non-hydrogen) atoms. The third kappa shape index (κ3) is 3.80. The Bertz CT molecular complexity index is 2830. The van der Waals surface area contributed by atoms with Crippen LogP contribution in [0, 0.1) is 41.1 Å². The van der Waals surface area contributed by atoms with Crippen molar-refractivity contribution in [1.82, 2.24) is 24.1 Å². The monoisotopic (exact) mass is 699 g/mol. The van der Waals surface area contributed by atoms with E-state index in [1.807, 2.05) is 48.5 Å². The maximum atomic E-state index is 16.1. The van der Waals surface area contributed by atoms with Gasteiger partial charge in [0.2, 0.25) is 5.95 Å². The van der Waals surface area contributed by atoms with E-state index < -0.39 is 22.9 Å². The molecule has 258 valence electrons. The summed E-state index contributed by atoms with van der Waals surface area (Å²) < 4.78 is 50.6. The van der Waals surface area contributed by atoms with Gasteiger partial charge in [0.05, 0.1) is 22.1 Å². The number of para-hydroxylation sites is 3. The molecular formula is C45H32F3N5. The molecule has 8 heteroatoms. The number of aromatic nitrogens is 5. The van der Waals surface area contributed by atoms with Crippen LogP contribution in [-0.2, 0) is 5.41 Å². The molecule has 5 aliphatic rings. The van der Waals surface area contributed by atoms with Crippen LogP contribution in [0.1, 0.15) is 43.2 Å². The summed E-state index contributed by atoms with van der Waals surface area (Å²) in [5, 5.41) is 2.10. The van der Waals surface area contributed by atoms with Gasteiger partial charge in [-0.3, -0.25) is 9.13 Å². The second-order valence-electron chi connectivity index (χ2n) is 15.7. The Labute approximate surface area is 302 Å². The number of halogens is 3. The highest BCUT2D eigenvalue weighted by Gasteiger charge is 2.62. The molecule has 13 rings (SSSR count). The third-order valence-corrected chi connectivity index (χ3v) is 13.3. The number of nitrogens with zero attached hydrogens (tertiary/aromatic N) is 5. The Morgan fingerprint density at radius 1 is 0.623 bits per heavy atom. The van der Waals surface area contributed by atoms with Gasteiger partial charge in [0, 0.05) is 27.9 Å². The molecule has 4 bridgehead atoms. The SMILES string of the molecule is Fc1cc2c(c(F)c1F)-c1cc(-c3ccc4c(c3)c3ccccc3n4-c3nc4ccccc4n3-c3ccncn3)ccc1C21C2CC3CC(C2)CC1C3. The average molecular weight is 700 g/mol. The van der Waals surface area contributed by atoms with Crippen molar-refractivity contribution in [1.29, 1.82) is 0 Å². The number of hydrogen-bond donors (Lipinski definition) is 0. The zero-order valence-electron chi connectivity index (χ0n) is 28.6. The van der Waals surface area contributed by atoms with Crippen molar-refractivity contribution in [2.24, 2.45) is 23.7 Å². The Kier molecular flexibility index (Phi) is 5.86. The zero-order valence-corrected chi connectivity index (χ0v) is 28.6. The lowest BCUT2D eigenvalue weighted by atomic mass is 9.43. The second kappa shape index (κ2) is 10.4. The second-order valence-corrected chi connectivity index (χ2v) is 15.7. The fourth-order valence-corrected chi connectivity index (χ4v) is 11.6. The van der Waals surface area contributed by atoms with Gasteiger partial charge in [0.1, 0.15) is 12.1 Å². The van der Waals surface area contributed by atoms with Crippen molar-refractivity contribution in [3.63, 3.8) is 0 Å². The molecule has 0 unspecified atom stereocenters. The molecule has 0 amide bonds. The van der Waals surface area contributed by atoms with E-state index in [0.717, 1.165) is 75.2 Å². The Morgan fingerprint density at radius 2 is 1.34 bits per heavy atom. The van der Waals surface area contributed by atoms with E-state index in [0.29, 0.717) is 46.6 Å². The minimum absolute atomic E-state index is 0.259. The molecular weight excluding hydrogens is 668 g/mol. The highest BCUT2D eigenvalue weighted by molar-refractivity contribution is 6.10. The maximum Gasteiger partial charge on any atom is 0.221 e. The third-order valence-electron chi connectivity index (χ3n) is 13.3. The van der Waals surface area contributed by atoms with Crippen LogP contribution in [0.5, 0.6) is 0 Å². The highest BCUT2D eigenvalue weighted by Crippen LogP contribution is 2.70. The van der Waals surface area contributed by atoms with E-state index in [-0.39, 0.29) is 5.56 Å². The van der Waals surface area contributed by atoms with Gasteiger partial charge < -0.3 is 0 Å².